The Morgan fingerprint density at radius 2 is 2.00 bits per heavy atom. The molecule has 0 spiro atoms. The highest BCUT2D eigenvalue weighted by Crippen LogP contribution is 2.21. The molecule has 0 heterocycles. The molecule has 0 nitrogen and oxygen atoms in total. The van der Waals surface area contributed by atoms with E-state index >= 15 is 0 Å². The lowest BCUT2D eigenvalue weighted by atomic mass is 9.94. The van der Waals surface area contributed by atoms with E-state index in [1.807, 2.05) is 0 Å². The highest BCUT2D eigenvalue weighted by atomic mass is 14.1. The molecule has 1 aliphatic rings. The third kappa shape index (κ3) is 2.97. The second kappa shape index (κ2) is 5.18. The average Bonchev–Trinajstić information content (AvgIpc) is 2.35. The maximum atomic E-state index is 4.21. The van der Waals surface area contributed by atoms with Gasteiger partial charge in [-0.05, 0) is 60.9 Å². The summed E-state index contributed by atoms with van der Waals surface area (Å²) in [4.78, 5) is 0. The van der Waals surface area contributed by atoms with Gasteiger partial charge in [0.15, 0.2) is 0 Å². The van der Waals surface area contributed by atoms with Gasteiger partial charge >= 0.3 is 0 Å². The van der Waals surface area contributed by atoms with Gasteiger partial charge in [0.1, 0.15) is 0 Å². The topological polar surface area (TPSA) is 0 Å². The van der Waals surface area contributed by atoms with Gasteiger partial charge in [-0.1, -0.05) is 43.0 Å². The molecule has 0 radical (unpaired) electrons. The number of allylic oxidation sites excluding steroid dienone is 5. The van der Waals surface area contributed by atoms with Gasteiger partial charge in [-0.25, -0.2) is 0 Å². The number of aryl methyl sites for hydroxylation is 2. The van der Waals surface area contributed by atoms with Crippen molar-refractivity contribution in [1.82, 2.24) is 0 Å². The fraction of sp³-hybridized carbons (Fsp3) is 0.294. The van der Waals surface area contributed by atoms with E-state index in [-0.39, 0.29) is 0 Å². The van der Waals surface area contributed by atoms with Crippen molar-refractivity contribution in [3.8, 4) is 0 Å². The lowest BCUT2D eigenvalue weighted by Crippen LogP contribution is -1.95. The summed E-state index contributed by atoms with van der Waals surface area (Å²) < 4.78 is 0. The first-order valence-electron chi connectivity index (χ1n) is 6.28. The van der Waals surface area contributed by atoms with E-state index in [0.717, 1.165) is 12.8 Å². The normalized spacial score (nSPS) is 14.6. The standard InChI is InChI=1S/C17H20/c1-13-9-10-16(11-14(13)2)12-15(3)17-7-5-4-6-8-17/h5,7-11H,3-4,6,12H2,1-2H3. The minimum Gasteiger partial charge on any atom is -0.0949 e. The molecule has 0 aliphatic heterocycles. The Balaban J connectivity index is 2.10. The van der Waals surface area contributed by atoms with Gasteiger partial charge in [-0.15, -0.1) is 0 Å². The smallest absolute Gasteiger partial charge is 0.00257 e. The summed E-state index contributed by atoms with van der Waals surface area (Å²) in [5, 5.41) is 0. The van der Waals surface area contributed by atoms with Crippen LogP contribution in [0.15, 0.2) is 54.2 Å². The monoisotopic (exact) mass is 224 g/mol. The van der Waals surface area contributed by atoms with Crippen LogP contribution < -0.4 is 0 Å². The molecule has 0 atom stereocenters. The van der Waals surface area contributed by atoms with Crippen molar-refractivity contribution in [3.63, 3.8) is 0 Å². The number of hydrogen-bond donors (Lipinski definition) is 0. The first-order valence-corrected chi connectivity index (χ1v) is 6.28. The van der Waals surface area contributed by atoms with Crippen LogP contribution >= 0.6 is 0 Å². The van der Waals surface area contributed by atoms with E-state index in [1.54, 1.807) is 0 Å². The Kier molecular flexibility index (Phi) is 3.63. The Labute approximate surface area is 104 Å². The van der Waals surface area contributed by atoms with E-state index < -0.39 is 0 Å². The number of benzene rings is 1. The fourth-order valence-electron chi connectivity index (χ4n) is 2.14. The Hall–Kier alpha value is -1.56. The van der Waals surface area contributed by atoms with E-state index in [0.29, 0.717) is 0 Å². The molecule has 88 valence electrons. The molecule has 0 saturated heterocycles. The van der Waals surface area contributed by atoms with E-state index in [1.165, 1.54) is 34.3 Å². The SMILES string of the molecule is C=C(Cc1ccc(C)c(C)c1)C1=CCCC=C1. The van der Waals surface area contributed by atoms with Crippen LogP contribution in [0, 0.1) is 13.8 Å². The maximum Gasteiger partial charge on any atom is -0.00257 e. The van der Waals surface area contributed by atoms with Crippen molar-refractivity contribution in [2.45, 2.75) is 33.1 Å². The van der Waals surface area contributed by atoms with Crippen LogP contribution in [0.2, 0.25) is 0 Å². The maximum absolute atomic E-state index is 4.21. The van der Waals surface area contributed by atoms with Crippen molar-refractivity contribution in [2.75, 3.05) is 0 Å². The van der Waals surface area contributed by atoms with Crippen LogP contribution in [0.1, 0.15) is 29.5 Å². The van der Waals surface area contributed by atoms with Crippen LogP contribution in [0.3, 0.4) is 0 Å². The summed E-state index contributed by atoms with van der Waals surface area (Å²) in [6, 6.07) is 6.68. The van der Waals surface area contributed by atoms with Gasteiger partial charge in [0.25, 0.3) is 0 Å². The van der Waals surface area contributed by atoms with E-state index in [2.05, 4.69) is 56.9 Å². The molecule has 0 fully saturated rings. The first-order chi connectivity index (χ1) is 8.16. The molecule has 1 aromatic carbocycles. The molecule has 1 aliphatic carbocycles. The highest BCUT2D eigenvalue weighted by molar-refractivity contribution is 5.43. The molecular formula is C17H20. The second-order valence-corrected chi connectivity index (χ2v) is 4.84. The molecule has 0 unspecified atom stereocenters. The Morgan fingerprint density at radius 3 is 2.65 bits per heavy atom. The zero-order valence-corrected chi connectivity index (χ0v) is 10.8. The Bertz CT molecular complexity index is 487. The quantitative estimate of drug-likeness (QED) is 0.699. The van der Waals surface area contributed by atoms with Crippen LogP contribution in [0.5, 0.6) is 0 Å². The van der Waals surface area contributed by atoms with Crippen LogP contribution in [0.4, 0.5) is 0 Å². The summed E-state index contributed by atoms with van der Waals surface area (Å²) in [7, 11) is 0. The van der Waals surface area contributed by atoms with Gasteiger partial charge in [-0.3, -0.25) is 0 Å². The zero-order chi connectivity index (χ0) is 12.3. The van der Waals surface area contributed by atoms with Gasteiger partial charge in [0.05, 0.1) is 0 Å². The van der Waals surface area contributed by atoms with Crippen molar-refractivity contribution in [3.05, 3.63) is 70.8 Å². The van der Waals surface area contributed by atoms with Crippen LogP contribution in [0.25, 0.3) is 0 Å². The predicted octanol–water partition coefficient (Wildman–Crippen LogP) is 4.68. The Morgan fingerprint density at radius 1 is 1.18 bits per heavy atom. The highest BCUT2D eigenvalue weighted by Gasteiger charge is 2.04. The molecule has 0 bridgehead atoms. The molecular weight excluding hydrogens is 204 g/mol. The molecule has 2 rings (SSSR count). The van der Waals surface area contributed by atoms with Gasteiger partial charge in [-0.2, -0.15) is 0 Å². The van der Waals surface area contributed by atoms with Gasteiger partial charge < -0.3 is 0 Å². The molecule has 0 saturated carbocycles. The zero-order valence-electron chi connectivity index (χ0n) is 10.8. The lowest BCUT2D eigenvalue weighted by Gasteiger charge is -2.11. The predicted molar refractivity (Wildman–Crippen MR) is 75.2 cm³/mol. The minimum absolute atomic E-state index is 0.956. The summed E-state index contributed by atoms with van der Waals surface area (Å²) in [5.74, 6) is 0. The molecule has 0 N–H and O–H groups in total. The van der Waals surface area contributed by atoms with Crippen LogP contribution in [-0.2, 0) is 6.42 Å². The van der Waals surface area contributed by atoms with Crippen LogP contribution in [-0.4, -0.2) is 0 Å². The van der Waals surface area contributed by atoms with Crippen molar-refractivity contribution < 1.29 is 0 Å². The van der Waals surface area contributed by atoms with E-state index in [9.17, 15) is 0 Å². The molecule has 17 heavy (non-hydrogen) atoms. The lowest BCUT2D eigenvalue weighted by molar-refractivity contribution is 1.01. The summed E-state index contributed by atoms with van der Waals surface area (Å²) >= 11 is 0. The van der Waals surface area contributed by atoms with Gasteiger partial charge in [0, 0.05) is 0 Å². The molecule has 0 amide bonds. The largest absolute Gasteiger partial charge is 0.0949 e. The summed E-state index contributed by atoms with van der Waals surface area (Å²) in [6.45, 7) is 8.53. The molecule has 0 aromatic heterocycles. The first kappa shape index (κ1) is 11.9. The van der Waals surface area contributed by atoms with Gasteiger partial charge in [0.2, 0.25) is 0 Å². The molecule has 0 heteroatoms. The minimum atomic E-state index is 0.956. The number of rotatable bonds is 3. The average molecular weight is 224 g/mol. The third-order valence-electron chi connectivity index (χ3n) is 3.39. The van der Waals surface area contributed by atoms with E-state index in [4.69, 9.17) is 0 Å². The summed E-state index contributed by atoms with van der Waals surface area (Å²) in [5.41, 5.74) is 6.62. The summed E-state index contributed by atoms with van der Waals surface area (Å²) in [6.07, 6.45) is 10.0. The van der Waals surface area contributed by atoms with Crippen molar-refractivity contribution in [2.24, 2.45) is 0 Å². The third-order valence-corrected chi connectivity index (χ3v) is 3.39. The number of hydrogen-bond acceptors (Lipinski definition) is 0. The second-order valence-electron chi connectivity index (χ2n) is 4.84. The fourth-order valence-corrected chi connectivity index (χ4v) is 2.14. The molecule has 1 aromatic rings. The van der Waals surface area contributed by atoms with Crippen molar-refractivity contribution in [1.29, 1.82) is 0 Å². The van der Waals surface area contributed by atoms with Crippen molar-refractivity contribution >= 4 is 0 Å².